The van der Waals surface area contributed by atoms with Crippen molar-refractivity contribution in [3.05, 3.63) is 29.3 Å². The monoisotopic (exact) mass is 288 g/mol. The molecule has 21 heavy (non-hydrogen) atoms. The quantitative estimate of drug-likeness (QED) is 0.372. The van der Waals surface area contributed by atoms with Crippen LogP contribution in [0.15, 0.2) is 18.2 Å². The molecule has 0 heterocycles. The first-order chi connectivity index (χ1) is 10.3. The number of carbonyl (C=O) groups is 1. The van der Waals surface area contributed by atoms with E-state index in [4.69, 9.17) is 4.74 Å². The zero-order valence-corrected chi connectivity index (χ0v) is 13.3. The van der Waals surface area contributed by atoms with Crippen LogP contribution in [0.4, 0.5) is 0 Å². The fourth-order valence-corrected chi connectivity index (χ4v) is 3.07. The Bertz CT molecular complexity index is 451. The average molecular weight is 288 g/mol. The molecular formula is C19H28O2. The molecule has 1 aliphatic carbocycles. The summed E-state index contributed by atoms with van der Waals surface area (Å²) in [6.45, 7) is 2.22. The Labute approximate surface area is 128 Å². The van der Waals surface area contributed by atoms with Gasteiger partial charge < -0.3 is 4.74 Å². The molecule has 0 saturated heterocycles. The van der Waals surface area contributed by atoms with Crippen molar-refractivity contribution in [3.8, 4) is 5.75 Å². The molecule has 0 amide bonds. The molecule has 1 aliphatic rings. The van der Waals surface area contributed by atoms with Crippen LogP contribution >= 0.6 is 0 Å². The highest BCUT2D eigenvalue weighted by Gasteiger charge is 2.15. The Hall–Kier alpha value is -1.31. The number of aryl methyl sites for hydroxylation is 1. The molecule has 0 radical (unpaired) electrons. The summed E-state index contributed by atoms with van der Waals surface area (Å²) in [6, 6.07) is 6.13. The minimum Gasteiger partial charge on any atom is -0.426 e. The third kappa shape index (κ3) is 5.18. The molecule has 2 nitrogen and oxygen atoms in total. The molecule has 116 valence electrons. The number of hydrogen-bond acceptors (Lipinski definition) is 2. The van der Waals surface area contributed by atoms with E-state index in [-0.39, 0.29) is 5.97 Å². The molecule has 0 unspecified atom stereocenters. The number of esters is 1. The van der Waals surface area contributed by atoms with Gasteiger partial charge in [-0.3, -0.25) is 4.79 Å². The molecule has 0 atom stereocenters. The summed E-state index contributed by atoms with van der Waals surface area (Å²) < 4.78 is 5.60. The number of carbonyl (C=O) groups excluding carboxylic acids is 1. The third-order valence-corrected chi connectivity index (χ3v) is 4.31. The zero-order chi connectivity index (χ0) is 14.9. The lowest BCUT2D eigenvalue weighted by Gasteiger charge is -2.18. The van der Waals surface area contributed by atoms with Crippen LogP contribution in [0.25, 0.3) is 0 Å². The van der Waals surface area contributed by atoms with E-state index < -0.39 is 0 Å². The third-order valence-electron chi connectivity index (χ3n) is 4.31. The number of ether oxygens (including phenoxy) is 1. The van der Waals surface area contributed by atoms with Crippen LogP contribution in [-0.4, -0.2) is 5.97 Å². The van der Waals surface area contributed by atoms with E-state index in [1.165, 1.54) is 49.7 Å². The van der Waals surface area contributed by atoms with Crippen molar-refractivity contribution in [3.63, 3.8) is 0 Å². The predicted molar refractivity (Wildman–Crippen MR) is 86.7 cm³/mol. The smallest absolute Gasteiger partial charge is 0.311 e. The predicted octanol–water partition coefficient (Wildman–Crippen LogP) is 5.22. The number of unbranched alkanes of at least 4 members (excludes halogenated alkanes) is 5. The molecule has 0 fully saturated rings. The molecule has 0 aliphatic heterocycles. The summed E-state index contributed by atoms with van der Waals surface area (Å²) >= 11 is 0. The van der Waals surface area contributed by atoms with Gasteiger partial charge in [0.2, 0.25) is 0 Å². The number of rotatable bonds is 8. The Morgan fingerprint density at radius 1 is 1.05 bits per heavy atom. The van der Waals surface area contributed by atoms with Gasteiger partial charge in [-0.1, -0.05) is 51.2 Å². The molecule has 0 bridgehead atoms. The van der Waals surface area contributed by atoms with Crippen LogP contribution in [0.5, 0.6) is 5.75 Å². The maximum atomic E-state index is 12.0. The Balaban J connectivity index is 1.75. The normalized spacial score (nSPS) is 13.8. The van der Waals surface area contributed by atoms with Crippen LogP contribution in [0.2, 0.25) is 0 Å². The van der Waals surface area contributed by atoms with Gasteiger partial charge in [-0.2, -0.15) is 0 Å². The Kier molecular flexibility index (Phi) is 6.78. The van der Waals surface area contributed by atoms with Gasteiger partial charge in [0.1, 0.15) is 5.75 Å². The molecular weight excluding hydrogens is 260 g/mol. The fraction of sp³-hybridized carbons (Fsp3) is 0.632. The highest BCUT2D eigenvalue weighted by Crippen LogP contribution is 2.29. The lowest BCUT2D eigenvalue weighted by molar-refractivity contribution is -0.134. The Morgan fingerprint density at radius 2 is 1.81 bits per heavy atom. The van der Waals surface area contributed by atoms with Crippen molar-refractivity contribution < 1.29 is 9.53 Å². The topological polar surface area (TPSA) is 26.3 Å². The van der Waals surface area contributed by atoms with E-state index in [9.17, 15) is 4.79 Å². The van der Waals surface area contributed by atoms with Crippen molar-refractivity contribution in [2.45, 2.75) is 77.6 Å². The van der Waals surface area contributed by atoms with Crippen molar-refractivity contribution in [2.75, 3.05) is 0 Å². The molecule has 1 aromatic rings. The summed E-state index contributed by atoms with van der Waals surface area (Å²) in [7, 11) is 0. The summed E-state index contributed by atoms with van der Waals surface area (Å²) in [5.41, 5.74) is 2.63. The van der Waals surface area contributed by atoms with E-state index in [0.29, 0.717) is 6.42 Å². The van der Waals surface area contributed by atoms with Crippen LogP contribution in [0.3, 0.4) is 0 Å². The molecule has 0 saturated carbocycles. The summed E-state index contributed by atoms with van der Waals surface area (Å²) in [4.78, 5) is 12.0. The average Bonchev–Trinajstić information content (AvgIpc) is 2.51. The molecule has 2 heteroatoms. The van der Waals surface area contributed by atoms with Crippen LogP contribution in [0.1, 0.15) is 75.8 Å². The lowest BCUT2D eigenvalue weighted by atomic mass is 9.91. The van der Waals surface area contributed by atoms with E-state index >= 15 is 0 Å². The zero-order valence-electron chi connectivity index (χ0n) is 13.3. The van der Waals surface area contributed by atoms with E-state index in [2.05, 4.69) is 13.0 Å². The second-order valence-electron chi connectivity index (χ2n) is 6.09. The van der Waals surface area contributed by atoms with Gasteiger partial charge in [0.25, 0.3) is 0 Å². The summed E-state index contributed by atoms with van der Waals surface area (Å²) in [6.07, 6.45) is 12.4. The largest absolute Gasteiger partial charge is 0.426 e. The summed E-state index contributed by atoms with van der Waals surface area (Å²) in [5.74, 6) is 0.743. The van der Waals surface area contributed by atoms with Crippen molar-refractivity contribution >= 4 is 5.97 Å². The summed E-state index contributed by atoms with van der Waals surface area (Å²) in [5, 5.41) is 0. The first kappa shape index (κ1) is 16.1. The highest BCUT2D eigenvalue weighted by molar-refractivity contribution is 5.73. The SMILES string of the molecule is CCCCCCCCC(=O)Oc1cccc2c1CCCC2. The van der Waals surface area contributed by atoms with Gasteiger partial charge in [-0.05, 0) is 49.3 Å². The van der Waals surface area contributed by atoms with Crippen molar-refractivity contribution in [1.29, 1.82) is 0 Å². The van der Waals surface area contributed by atoms with Gasteiger partial charge in [-0.15, -0.1) is 0 Å². The lowest BCUT2D eigenvalue weighted by Crippen LogP contribution is -2.11. The van der Waals surface area contributed by atoms with Gasteiger partial charge in [-0.25, -0.2) is 0 Å². The maximum absolute atomic E-state index is 12.0. The highest BCUT2D eigenvalue weighted by atomic mass is 16.5. The van der Waals surface area contributed by atoms with Crippen molar-refractivity contribution in [2.24, 2.45) is 0 Å². The second-order valence-corrected chi connectivity index (χ2v) is 6.09. The van der Waals surface area contributed by atoms with E-state index in [1.54, 1.807) is 0 Å². The van der Waals surface area contributed by atoms with Gasteiger partial charge >= 0.3 is 5.97 Å². The number of fused-ring (bicyclic) bond motifs is 1. The van der Waals surface area contributed by atoms with Crippen LogP contribution in [-0.2, 0) is 17.6 Å². The standard InChI is InChI=1S/C19H28O2/c1-2-3-4-5-6-7-15-19(20)21-18-14-10-12-16-11-8-9-13-17(16)18/h10,12,14H,2-9,11,13,15H2,1H3. The molecule has 0 aromatic heterocycles. The van der Waals surface area contributed by atoms with Gasteiger partial charge in [0.05, 0.1) is 0 Å². The first-order valence-corrected chi connectivity index (χ1v) is 8.62. The molecule has 2 rings (SSSR count). The van der Waals surface area contributed by atoms with Gasteiger partial charge in [0.15, 0.2) is 0 Å². The van der Waals surface area contributed by atoms with E-state index in [1.807, 2.05) is 12.1 Å². The van der Waals surface area contributed by atoms with E-state index in [0.717, 1.165) is 31.4 Å². The number of benzene rings is 1. The molecule has 1 aromatic carbocycles. The van der Waals surface area contributed by atoms with Crippen molar-refractivity contribution in [1.82, 2.24) is 0 Å². The Morgan fingerprint density at radius 3 is 2.67 bits per heavy atom. The minimum atomic E-state index is -0.0653. The van der Waals surface area contributed by atoms with Crippen LogP contribution < -0.4 is 4.74 Å². The molecule has 0 N–H and O–H groups in total. The molecule has 0 spiro atoms. The first-order valence-electron chi connectivity index (χ1n) is 8.62. The minimum absolute atomic E-state index is 0.0653. The van der Waals surface area contributed by atoms with Gasteiger partial charge in [0, 0.05) is 6.42 Å². The second kappa shape index (κ2) is 8.86. The van der Waals surface area contributed by atoms with Crippen LogP contribution in [0, 0.1) is 0 Å². The maximum Gasteiger partial charge on any atom is 0.311 e. The fourth-order valence-electron chi connectivity index (χ4n) is 3.07. The number of hydrogen-bond donors (Lipinski definition) is 0.